The predicted octanol–water partition coefficient (Wildman–Crippen LogP) is 3.06. The van der Waals surface area contributed by atoms with E-state index in [0.29, 0.717) is 12.0 Å². The van der Waals surface area contributed by atoms with Gasteiger partial charge in [-0.05, 0) is 33.1 Å². The molecule has 0 N–H and O–H groups in total. The first-order chi connectivity index (χ1) is 7.00. The summed E-state index contributed by atoms with van der Waals surface area (Å²) >= 11 is 5.97. The lowest BCUT2D eigenvalue weighted by molar-refractivity contribution is 0.455. The van der Waals surface area contributed by atoms with Crippen LogP contribution in [0.15, 0.2) is 6.33 Å². The normalized spacial score (nSPS) is 15.6. The number of halogens is 1. The Balaban J connectivity index is 2.60. The zero-order chi connectivity index (χ0) is 11.4. The van der Waals surface area contributed by atoms with Crippen molar-refractivity contribution >= 4 is 11.6 Å². The van der Waals surface area contributed by atoms with E-state index in [4.69, 9.17) is 11.6 Å². The fourth-order valence-corrected chi connectivity index (χ4v) is 2.11. The number of rotatable bonds is 5. The Labute approximate surface area is 96.8 Å². The van der Waals surface area contributed by atoms with Crippen LogP contribution in [0, 0.1) is 5.92 Å². The van der Waals surface area contributed by atoms with Crippen molar-refractivity contribution in [3.05, 3.63) is 12.2 Å². The van der Waals surface area contributed by atoms with Crippen LogP contribution >= 0.6 is 11.6 Å². The van der Waals surface area contributed by atoms with Crippen LogP contribution in [0.1, 0.15) is 46.0 Å². The Morgan fingerprint density at radius 2 is 2.00 bits per heavy atom. The van der Waals surface area contributed by atoms with Crippen LogP contribution in [0.3, 0.4) is 0 Å². The molecule has 1 aromatic heterocycles. The molecule has 0 bridgehead atoms. The molecular weight excluding hydrogens is 210 g/mol. The Kier molecular flexibility index (Phi) is 4.58. The van der Waals surface area contributed by atoms with Crippen LogP contribution in [0.2, 0.25) is 0 Å². The summed E-state index contributed by atoms with van der Waals surface area (Å²) in [6.45, 7) is 8.48. The quantitative estimate of drug-likeness (QED) is 0.727. The Hall–Kier alpha value is -0.570. The van der Waals surface area contributed by atoms with Gasteiger partial charge < -0.3 is 0 Å². The lowest BCUT2D eigenvalue weighted by Gasteiger charge is -2.14. The molecule has 86 valence electrons. The van der Waals surface area contributed by atoms with E-state index in [-0.39, 0.29) is 5.38 Å². The highest BCUT2D eigenvalue weighted by molar-refractivity contribution is 6.20. The average molecular weight is 230 g/mol. The minimum atomic E-state index is 0.232. The van der Waals surface area contributed by atoms with Crippen molar-refractivity contribution in [3.63, 3.8) is 0 Å². The summed E-state index contributed by atoms with van der Waals surface area (Å²) in [5.41, 5.74) is 0. The van der Waals surface area contributed by atoms with E-state index >= 15 is 0 Å². The van der Waals surface area contributed by atoms with Crippen molar-refractivity contribution in [2.24, 2.45) is 5.92 Å². The minimum Gasteiger partial charge on any atom is -0.248 e. The van der Waals surface area contributed by atoms with Gasteiger partial charge in [-0.2, -0.15) is 5.10 Å². The second-order valence-corrected chi connectivity index (χ2v) is 5.29. The topological polar surface area (TPSA) is 30.7 Å². The van der Waals surface area contributed by atoms with Crippen molar-refractivity contribution in [2.75, 3.05) is 0 Å². The molecule has 0 saturated carbocycles. The van der Waals surface area contributed by atoms with Gasteiger partial charge >= 0.3 is 0 Å². The smallest absolute Gasteiger partial charge is 0.138 e. The summed E-state index contributed by atoms with van der Waals surface area (Å²) in [7, 11) is 0. The maximum atomic E-state index is 5.97. The van der Waals surface area contributed by atoms with Gasteiger partial charge in [-0.15, -0.1) is 11.6 Å². The molecule has 0 aliphatic carbocycles. The highest BCUT2D eigenvalue weighted by atomic mass is 35.5. The molecular formula is C11H20ClN3. The second kappa shape index (κ2) is 5.50. The first kappa shape index (κ1) is 12.5. The molecule has 0 aliphatic rings. The average Bonchev–Trinajstić information content (AvgIpc) is 2.50. The number of hydrogen-bond donors (Lipinski definition) is 0. The largest absolute Gasteiger partial charge is 0.248 e. The first-order valence-electron chi connectivity index (χ1n) is 5.53. The molecule has 1 aromatic rings. The third-order valence-corrected chi connectivity index (χ3v) is 2.57. The molecule has 0 fully saturated rings. The molecule has 0 aromatic carbocycles. The lowest BCUT2D eigenvalue weighted by atomic mass is 10.0. The van der Waals surface area contributed by atoms with Crippen molar-refractivity contribution in [1.82, 2.24) is 14.8 Å². The highest BCUT2D eigenvalue weighted by Crippen LogP contribution is 2.16. The van der Waals surface area contributed by atoms with E-state index in [0.717, 1.165) is 18.7 Å². The van der Waals surface area contributed by atoms with Gasteiger partial charge in [0.2, 0.25) is 0 Å². The van der Waals surface area contributed by atoms with Gasteiger partial charge in [-0.1, -0.05) is 6.92 Å². The zero-order valence-electron chi connectivity index (χ0n) is 9.94. The summed E-state index contributed by atoms with van der Waals surface area (Å²) in [5, 5.41) is 4.45. The number of hydrogen-bond acceptors (Lipinski definition) is 2. The van der Waals surface area contributed by atoms with E-state index in [1.54, 1.807) is 6.33 Å². The van der Waals surface area contributed by atoms with Crippen molar-refractivity contribution < 1.29 is 0 Å². The number of alkyl halides is 1. The fourth-order valence-electron chi connectivity index (χ4n) is 1.80. The van der Waals surface area contributed by atoms with Gasteiger partial charge in [0, 0.05) is 17.8 Å². The molecule has 1 rings (SSSR count). The molecule has 3 nitrogen and oxygen atoms in total. The molecule has 2 unspecified atom stereocenters. The van der Waals surface area contributed by atoms with Gasteiger partial charge in [0.15, 0.2) is 0 Å². The molecule has 0 saturated heterocycles. The third kappa shape index (κ3) is 3.82. The standard InChI is InChI=1S/C11H20ClN3/c1-8(2)15-11(13-7-14-15)6-9(3)5-10(4)12/h7-10H,5-6H2,1-4H3. The van der Waals surface area contributed by atoms with E-state index in [1.165, 1.54) is 0 Å². The van der Waals surface area contributed by atoms with Crippen molar-refractivity contribution in [3.8, 4) is 0 Å². The van der Waals surface area contributed by atoms with Crippen LogP contribution in [-0.2, 0) is 6.42 Å². The van der Waals surface area contributed by atoms with Crippen LogP contribution in [0.4, 0.5) is 0 Å². The molecule has 2 atom stereocenters. The van der Waals surface area contributed by atoms with Gasteiger partial charge in [0.1, 0.15) is 12.2 Å². The molecule has 4 heteroatoms. The summed E-state index contributed by atoms with van der Waals surface area (Å²) in [6, 6.07) is 0.378. The Morgan fingerprint density at radius 3 is 2.53 bits per heavy atom. The van der Waals surface area contributed by atoms with E-state index < -0.39 is 0 Å². The minimum absolute atomic E-state index is 0.232. The third-order valence-electron chi connectivity index (χ3n) is 2.39. The summed E-state index contributed by atoms with van der Waals surface area (Å²) in [4.78, 5) is 4.29. The summed E-state index contributed by atoms with van der Waals surface area (Å²) in [6.07, 6.45) is 3.61. The van der Waals surface area contributed by atoms with Crippen molar-refractivity contribution in [1.29, 1.82) is 0 Å². The van der Waals surface area contributed by atoms with Crippen LogP contribution in [-0.4, -0.2) is 20.1 Å². The van der Waals surface area contributed by atoms with Crippen molar-refractivity contribution in [2.45, 2.75) is 52.0 Å². The van der Waals surface area contributed by atoms with E-state index in [9.17, 15) is 0 Å². The van der Waals surface area contributed by atoms with Crippen LogP contribution in [0.25, 0.3) is 0 Å². The molecule has 0 aliphatic heterocycles. The van der Waals surface area contributed by atoms with E-state index in [1.807, 2.05) is 11.6 Å². The molecule has 15 heavy (non-hydrogen) atoms. The predicted molar refractivity (Wildman–Crippen MR) is 63.2 cm³/mol. The highest BCUT2D eigenvalue weighted by Gasteiger charge is 2.13. The maximum absolute atomic E-state index is 5.97. The molecule has 0 spiro atoms. The van der Waals surface area contributed by atoms with Gasteiger partial charge in [-0.3, -0.25) is 0 Å². The van der Waals surface area contributed by atoms with Gasteiger partial charge in [-0.25, -0.2) is 9.67 Å². The number of aromatic nitrogens is 3. The Morgan fingerprint density at radius 1 is 1.33 bits per heavy atom. The molecule has 0 radical (unpaired) electrons. The van der Waals surface area contributed by atoms with Crippen LogP contribution < -0.4 is 0 Å². The zero-order valence-corrected chi connectivity index (χ0v) is 10.7. The fraction of sp³-hybridized carbons (Fsp3) is 0.818. The monoisotopic (exact) mass is 229 g/mol. The SMILES string of the molecule is CC(Cl)CC(C)Cc1ncnn1C(C)C. The summed E-state index contributed by atoms with van der Waals surface area (Å²) < 4.78 is 1.98. The molecule has 0 amide bonds. The second-order valence-electron chi connectivity index (χ2n) is 4.54. The maximum Gasteiger partial charge on any atom is 0.138 e. The number of nitrogens with zero attached hydrogens (tertiary/aromatic N) is 3. The van der Waals surface area contributed by atoms with Gasteiger partial charge in [0.25, 0.3) is 0 Å². The van der Waals surface area contributed by atoms with E-state index in [2.05, 4.69) is 30.9 Å². The Bertz CT molecular complexity index is 294. The first-order valence-corrected chi connectivity index (χ1v) is 5.96. The lowest BCUT2D eigenvalue weighted by Crippen LogP contribution is -2.13. The van der Waals surface area contributed by atoms with Crippen LogP contribution in [0.5, 0.6) is 0 Å². The summed E-state index contributed by atoms with van der Waals surface area (Å²) in [5.74, 6) is 1.62. The van der Waals surface area contributed by atoms with Gasteiger partial charge in [0.05, 0.1) is 0 Å². The molecule has 1 heterocycles.